The van der Waals surface area contributed by atoms with Gasteiger partial charge in [-0.25, -0.2) is 4.98 Å². The van der Waals surface area contributed by atoms with E-state index in [9.17, 15) is 4.79 Å². The molecule has 0 bridgehead atoms. The summed E-state index contributed by atoms with van der Waals surface area (Å²) in [5, 5.41) is 6.94. The molecule has 0 aromatic carbocycles. The molecule has 1 fully saturated rings. The summed E-state index contributed by atoms with van der Waals surface area (Å²) < 4.78 is 0. The summed E-state index contributed by atoms with van der Waals surface area (Å²) in [6, 6.07) is 0.516. The molecule has 19 heavy (non-hydrogen) atoms. The minimum absolute atomic E-state index is 0.119. The van der Waals surface area contributed by atoms with Crippen LogP contribution in [-0.2, 0) is 0 Å². The van der Waals surface area contributed by atoms with Crippen LogP contribution in [0.1, 0.15) is 43.3 Å². The SMILES string of the molecule is CC(C)C(C)CNC(=O)c1sc(NC2CC2)nc1N. The fourth-order valence-electron chi connectivity index (χ4n) is 1.53. The number of hydrogen-bond acceptors (Lipinski definition) is 5. The van der Waals surface area contributed by atoms with E-state index >= 15 is 0 Å². The van der Waals surface area contributed by atoms with E-state index in [4.69, 9.17) is 5.73 Å². The van der Waals surface area contributed by atoms with Gasteiger partial charge in [0.15, 0.2) is 5.13 Å². The van der Waals surface area contributed by atoms with Crippen molar-refractivity contribution in [1.82, 2.24) is 10.3 Å². The summed E-state index contributed by atoms with van der Waals surface area (Å²) in [7, 11) is 0. The van der Waals surface area contributed by atoms with Crippen molar-refractivity contribution in [2.75, 3.05) is 17.6 Å². The Morgan fingerprint density at radius 3 is 2.74 bits per heavy atom. The Morgan fingerprint density at radius 2 is 2.16 bits per heavy atom. The van der Waals surface area contributed by atoms with Crippen molar-refractivity contribution in [2.24, 2.45) is 11.8 Å². The molecule has 1 amide bonds. The Kier molecular flexibility index (Phi) is 4.29. The Morgan fingerprint density at radius 1 is 1.47 bits per heavy atom. The monoisotopic (exact) mass is 282 g/mol. The smallest absolute Gasteiger partial charge is 0.265 e. The molecule has 1 atom stereocenters. The molecule has 1 saturated carbocycles. The number of amides is 1. The lowest BCUT2D eigenvalue weighted by molar-refractivity contribution is 0.0949. The van der Waals surface area contributed by atoms with Crippen molar-refractivity contribution >= 4 is 28.2 Å². The van der Waals surface area contributed by atoms with E-state index in [1.807, 2.05) is 0 Å². The van der Waals surface area contributed by atoms with Crippen molar-refractivity contribution < 1.29 is 4.79 Å². The highest BCUT2D eigenvalue weighted by Gasteiger charge is 2.24. The van der Waals surface area contributed by atoms with Crippen molar-refractivity contribution in [3.8, 4) is 0 Å². The number of nitrogens with one attached hydrogen (secondary N) is 2. The number of carbonyl (C=O) groups excluding carboxylic acids is 1. The van der Waals surface area contributed by atoms with Crippen molar-refractivity contribution in [3.63, 3.8) is 0 Å². The number of carbonyl (C=O) groups is 1. The normalized spacial score (nSPS) is 16.4. The first-order valence-corrected chi connectivity index (χ1v) is 7.60. The molecule has 0 radical (unpaired) electrons. The zero-order valence-corrected chi connectivity index (χ0v) is 12.5. The Hall–Kier alpha value is -1.30. The maximum atomic E-state index is 12.1. The van der Waals surface area contributed by atoms with Gasteiger partial charge in [-0.2, -0.15) is 0 Å². The van der Waals surface area contributed by atoms with Gasteiger partial charge in [-0.1, -0.05) is 32.1 Å². The van der Waals surface area contributed by atoms with Crippen LogP contribution in [0.2, 0.25) is 0 Å². The predicted molar refractivity (Wildman–Crippen MR) is 79.5 cm³/mol. The third-order valence-corrected chi connectivity index (χ3v) is 4.49. The molecule has 1 unspecified atom stereocenters. The fraction of sp³-hybridized carbons (Fsp3) is 0.692. The first-order chi connectivity index (χ1) is 8.97. The van der Waals surface area contributed by atoms with Gasteiger partial charge in [-0.15, -0.1) is 0 Å². The predicted octanol–water partition coefficient (Wildman–Crippen LogP) is 2.32. The van der Waals surface area contributed by atoms with Crippen molar-refractivity contribution in [1.29, 1.82) is 0 Å². The van der Waals surface area contributed by atoms with Crippen LogP contribution in [0.3, 0.4) is 0 Å². The fourth-order valence-corrected chi connectivity index (χ4v) is 2.41. The second kappa shape index (κ2) is 5.77. The molecule has 1 aromatic rings. The van der Waals surface area contributed by atoms with Gasteiger partial charge >= 0.3 is 0 Å². The van der Waals surface area contributed by atoms with Crippen LogP contribution in [0, 0.1) is 11.8 Å². The quantitative estimate of drug-likeness (QED) is 0.748. The van der Waals surface area contributed by atoms with Gasteiger partial charge in [0.1, 0.15) is 10.7 Å². The highest BCUT2D eigenvalue weighted by Crippen LogP contribution is 2.30. The second-order valence-electron chi connectivity index (χ2n) is 5.58. The molecule has 6 heteroatoms. The van der Waals surface area contributed by atoms with E-state index in [1.54, 1.807) is 0 Å². The number of hydrogen-bond donors (Lipinski definition) is 3. The highest BCUT2D eigenvalue weighted by atomic mass is 32.1. The Labute approximate surface area is 118 Å². The third kappa shape index (κ3) is 3.83. The van der Waals surface area contributed by atoms with E-state index in [-0.39, 0.29) is 5.91 Å². The number of thiazole rings is 1. The number of nitrogens with zero attached hydrogens (tertiary/aromatic N) is 1. The van der Waals surface area contributed by atoms with Gasteiger partial charge in [0, 0.05) is 12.6 Å². The number of aromatic nitrogens is 1. The lowest BCUT2D eigenvalue weighted by Crippen LogP contribution is -2.30. The first-order valence-electron chi connectivity index (χ1n) is 6.78. The van der Waals surface area contributed by atoms with E-state index in [1.165, 1.54) is 24.2 Å². The number of anilines is 2. The van der Waals surface area contributed by atoms with Gasteiger partial charge in [0.25, 0.3) is 5.91 Å². The summed E-state index contributed by atoms with van der Waals surface area (Å²) in [6.45, 7) is 7.09. The highest BCUT2D eigenvalue weighted by molar-refractivity contribution is 7.18. The largest absolute Gasteiger partial charge is 0.382 e. The number of rotatable bonds is 6. The maximum absolute atomic E-state index is 12.1. The summed E-state index contributed by atoms with van der Waals surface area (Å²) in [4.78, 5) is 16.8. The average molecular weight is 282 g/mol. The van der Waals surface area contributed by atoms with E-state index in [0.717, 1.165) is 5.13 Å². The van der Waals surface area contributed by atoms with Gasteiger partial charge in [-0.3, -0.25) is 4.79 Å². The van der Waals surface area contributed by atoms with Gasteiger partial charge < -0.3 is 16.4 Å². The Bertz CT molecular complexity index is 453. The molecular weight excluding hydrogens is 260 g/mol. The maximum Gasteiger partial charge on any atom is 0.265 e. The van der Waals surface area contributed by atoms with Crippen LogP contribution in [0.5, 0.6) is 0 Å². The molecule has 1 aliphatic carbocycles. The summed E-state index contributed by atoms with van der Waals surface area (Å²) in [5.41, 5.74) is 5.80. The number of nitrogen functional groups attached to an aromatic ring is 1. The molecule has 1 aromatic heterocycles. The zero-order valence-electron chi connectivity index (χ0n) is 11.7. The number of nitrogens with two attached hydrogens (primary N) is 1. The molecular formula is C13H22N4OS. The minimum Gasteiger partial charge on any atom is -0.382 e. The standard InChI is InChI=1S/C13H22N4OS/c1-7(2)8(3)6-15-12(18)10-11(14)17-13(19-10)16-9-4-5-9/h7-9H,4-6,14H2,1-3H3,(H,15,18)(H,16,17). The second-order valence-corrected chi connectivity index (χ2v) is 6.58. The minimum atomic E-state index is -0.119. The molecule has 1 heterocycles. The summed E-state index contributed by atoms with van der Waals surface area (Å²) in [5.74, 6) is 1.20. The third-order valence-electron chi connectivity index (χ3n) is 3.49. The summed E-state index contributed by atoms with van der Waals surface area (Å²) >= 11 is 1.34. The van der Waals surface area contributed by atoms with Crippen LogP contribution < -0.4 is 16.4 Å². The van der Waals surface area contributed by atoms with Crippen LogP contribution in [0.4, 0.5) is 10.9 Å². The lowest BCUT2D eigenvalue weighted by Gasteiger charge is -2.15. The van der Waals surface area contributed by atoms with Gasteiger partial charge in [0.05, 0.1) is 0 Å². The molecule has 0 aliphatic heterocycles. The molecule has 1 aliphatic rings. The first kappa shape index (κ1) is 14.1. The van der Waals surface area contributed by atoms with Crippen LogP contribution in [0.15, 0.2) is 0 Å². The topological polar surface area (TPSA) is 80.0 Å². The van der Waals surface area contributed by atoms with Crippen LogP contribution >= 0.6 is 11.3 Å². The Balaban J connectivity index is 1.92. The molecule has 106 valence electrons. The van der Waals surface area contributed by atoms with E-state index < -0.39 is 0 Å². The van der Waals surface area contributed by atoms with Crippen LogP contribution in [-0.4, -0.2) is 23.5 Å². The van der Waals surface area contributed by atoms with E-state index in [2.05, 4.69) is 36.4 Å². The van der Waals surface area contributed by atoms with E-state index in [0.29, 0.717) is 35.1 Å². The summed E-state index contributed by atoms with van der Waals surface area (Å²) in [6.07, 6.45) is 2.35. The lowest BCUT2D eigenvalue weighted by atomic mass is 9.98. The van der Waals surface area contributed by atoms with Crippen LogP contribution in [0.25, 0.3) is 0 Å². The molecule has 2 rings (SSSR count). The average Bonchev–Trinajstić information content (AvgIpc) is 3.08. The van der Waals surface area contributed by atoms with Gasteiger partial charge in [0.2, 0.25) is 0 Å². The zero-order chi connectivity index (χ0) is 14.0. The molecule has 5 nitrogen and oxygen atoms in total. The van der Waals surface area contributed by atoms with Crippen molar-refractivity contribution in [3.05, 3.63) is 4.88 Å². The molecule has 4 N–H and O–H groups in total. The molecule has 0 saturated heterocycles. The molecule has 0 spiro atoms. The van der Waals surface area contributed by atoms with Crippen molar-refractivity contribution in [2.45, 2.75) is 39.7 Å². The van der Waals surface area contributed by atoms with Gasteiger partial charge in [-0.05, 0) is 24.7 Å².